The van der Waals surface area contributed by atoms with Gasteiger partial charge in [0.15, 0.2) is 0 Å². The molecule has 2 N–H and O–H groups in total. The fraction of sp³-hybridized carbons (Fsp3) is 0.304. The van der Waals surface area contributed by atoms with Gasteiger partial charge in [-0.25, -0.2) is 4.98 Å². The van der Waals surface area contributed by atoms with Crippen LogP contribution in [0.4, 0.5) is 0 Å². The van der Waals surface area contributed by atoms with Crippen molar-refractivity contribution in [2.45, 2.75) is 32.7 Å². The summed E-state index contributed by atoms with van der Waals surface area (Å²) < 4.78 is 0. The van der Waals surface area contributed by atoms with Gasteiger partial charge in [-0.3, -0.25) is 4.79 Å². The number of rotatable bonds is 2. The Morgan fingerprint density at radius 1 is 1.00 bits per heavy atom. The highest BCUT2D eigenvalue weighted by molar-refractivity contribution is 6.07. The lowest BCUT2D eigenvalue weighted by Gasteiger charge is -2.30. The van der Waals surface area contributed by atoms with E-state index in [0.717, 1.165) is 53.7 Å². The summed E-state index contributed by atoms with van der Waals surface area (Å²) in [5, 5.41) is 0.928. The number of likely N-dealkylation sites (tertiary alicyclic amines) is 1. The lowest BCUT2D eigenvalue weighted by Crippen LogP contribution is -2.42. The maximum absolute atomic E-state index is 13.4. The van der Waals surface area contributed by atoms with E-state index >= 15 is 0 Å². The van der Waals surface area contributed by atoms with Gasteiger partial charge in [0.25, 0.3) is 5.91 Å². The largest absolute Gasteiger partial charge is 0.339 e. The van der Waals surface area contributed by atoms with Crippen LogP contribution in [0.25, 0.3) is 22.2 Å². The average molecular weight is 432 g/mol. The van der Waals surface area contributed by atoms with E-state index in [2.05, 4.69) is 26.0 Å². The molecule has 1 fully saturated rings. The minimum Gasteiger partial charge on any atom is -0.339 e. The Hall–Kier alpha value is -2.14. The zero-order chi connectivity index (χ0) is 19.0. The van der Waals surface area contributed by atoms with Crippen LogP contribution in [0.15, 0.2) is 48.5 Å². The van der Waals surface area contributed by atoms with Crippen LogP contribution in [0, 0.1) is 13.8 Å². The van der Waals surface area contributed by atoms with Crippen LogP contribution in [0.1, 0.15) is 34.3 Å². The van der Waals surface area contributed by atoms with E-state index < -0.39 is 0 Å². The van der Waals surface area contributed by atoms with Gasteiger partial charge in [0.2, 0.25) is 0 Å². The topological polar surface area (TPSA) is 59.2 Å². The Kier molecular flexibility index (Phi) is 7.64. The molecule has 1 amide bonds. The number of aryl methyl sites for hydroxylation is 2. The first-order valence-electron chi connectivity index (χ1n) is 9.55. The van der Waals surface area contributed by atoms with E-state index in [9.17, 15) is 4.79 Å². The molecule has 1 aliphatic heterocycles. The zero-order valence-electron chi connectivity index (χ0n) is 16.7. The molecule has 0 radical (unpaired) electrons. The molecule has 4 nitrogen and oxygen atoms in total. The van der Waals surface area contributed by atoms with E-state index in [1.807, 2.05) is 41.3 Å². The summed E-state index contributed by atoms with van der Waals surface area (Å²) in [4.78, 5) is 20.1. The summed E-state index contributed by atoms with van der Waals surface area (Å²) >= 11 is 0. The molecule has 2 aromatic carbocycles. The highest BCUT2D eigenvalue weighted by Gasteiger charge is 2.24. The number of fused-ring (bicyclic) bond motifs is 1. The molecule has 29 heavy (non-hydrogen) atoms. The van der Waals surface area contributed by atoms with Crippen molar-refractivity contribution in [3.63, 3.8) is 0 Å². The molecule has 0 atom stereocenters. The van der Waals surface area contributed by atoms with Gasteiger partial charge in [-0.1, -0.05) is 30.3 Å². The molecule has 1 aliphatic rings. The third kappa shape index (κ3) is 4.72. The standard InChI is InChI=1S/C23H25N3O.2ClH/c1-15-12-19-20(23(27)26-10-8-18(24)9-11-26)14-21(17-6-4-3-5-7-17)25-22(19)13-16(15)2;;/h3-7,12-14,18H,8-11,24H2,1-2H3;2*1H. The van der Waals surface area contributed by atoms with E-state index in [-0.39, 0.29) is 36.8 Å². The number of hydrogen-bond acceptors (Lipinski definition) is 3. The van der Waals surface area contributed by atoms with Crippen molar-refractivity contribution in [1.29, 1.82) is 0 Å². The number of hydrogen-bond donors (Lipinski definition) is 1. The highest BCUT2D eigenvalue weighted by Crippen LogP contribution is 2.28. The van der Waals surface area contributed by atoms with Gasteiger partial charge in [-0.05, 0) is 56.0 Å². The summed E-state index contributed by atoms with van der Waals surface area (Å²) in [5.41, 5.74) is 11.8. The molecule has 2 heterocycles. The van der Waals surface area contributed by atoms with Crippen LogP contribution >= 0.6 is 24.8 Å². The molecular formula is C23H27Cl2N3O. The normalized spacial score (nSPS) is 14.2. The quantitative estimate of drug-likeness (QED) is 0.625. The lowest BCUT2D eigenvalue weighted by molar-refractivity contribution is 0.0716. The molecule has 0 unspecified atom stereocenters. The second-order valence-corrected chi connectivity index (χ2v) is 7.50. The Balaban J connectivity index is 0.00000150. The summed E-state index contributed by atoms with van der Waals surface area (Å²) in [6.07, 6.45) is 1.72. The summed E-state index contributed by atoms with van der Waals surface area (Å²) in [5.74, 6) is 0.0785. The van der Waals surface area contributed by atoms with Gasteiger partial charge in [-0.2, -0.15) is 0 Å². The van der Waals surface area contributed by atoms with Crippen molar-refractivity contribution >= 4 is 41.6 Å². The van der Waals surface area contributed by atoms with Gasteiger partial charge >= 0.3 is 0 Å². The lowest BCUT2D eigenvalue weighted by atomic mass is 9.98. The van der Waals surface area contributed by atoms with Crippen LogP contribution in [-0.2, 0) is 0 Å². The first kappa shape index (κ1) is 23.1. The smallest absolute Gasteiger partial charge is 0.254 e. The average Bonchev–Trinajstić information content (AvgIpc) is 2.69. The van der Waals surface area contributed by atoms with Crippen LogP contribution in [-0.4, -0.2) is 34.9 Å². The number of aromatic nitrogens is 1. The number of halogens is 2. The predicted molar refractivity (Wildman–Crippen MR) is 124 cm³/mol. The monoisotopic (exact) mass is 431 g/mol. The maximum atomic E-state index is 13.4. The van der Waals surface area contributed by atoms with Crippen molar-refractivity contribution in [1.82, 2.24) is 9.88 Å². The molecule has 4 rings (SSSR count). The van der Waals surface area contributed by atoms with Crippen LogP contribution in [0.5, 0.6) is 0 Å². The van der Waals surface area contributed by atoms with Gasteiger partial charge in [0.1, 0.15) is 0 Å². The second kappa shape index (κ2) is 9.57. The Morgan fingerprint density at radius 3 is 2.28 bits per heavy atom. The molecule has 6 heteroatoms. The summed E-state index contributed by atoms with van der Waals surface area (Å²) in [6.45, 7) is 5.60. The van der Waals surface area contributed by atoms with E-state index in [4.69, 9.17) is 10.7 Å². The number of carbonyl (C=O) groups is 1. The van der Waals surface area contributed by atoms with Crippen molar-refractivity contribution in [3.8, 4) is 11.3 Å². The number of carbonyl (C=O) groups excluding carboxylic acids is 1. The van der Waals surface area contributed by atoms with E-state index in [1.165, 1.54) is 11.1 Å². The van der Waals surface area contributed by atoms with Crippen molar-refractivity contribution < 1.29 is 4.79 Å². The minimum atomic E-state index is 0. The number of nitrogens with two attached hydrogens (primary N) is 1. The second-order valence-electron chi connectivity index (χ2n) is 7.50. The van der Waals surface area contributed by atoms with Gasteiger partial charge in [0, 0.05) is 30.1 Å². The zero-order valence-corrected chi connectivity index (χ0v) is 18.4. The molecule has 0 saturated carbocycles. The van der Waals surface area contributed by atoms with Crippen LogP contribution < -0.4 is 5.73 Å². The van der Waals surface area contributed by atoms with Gasteiger partial charge in [0.05, 0.1) is 16.8 Å². The fourth-order valence-corrected chi connectivity index (χ4v) is 3.69. The summed E-state index contributed by atoms with van der Waals surface area (Å²) in [6, 6.07) is 16.4. The molecule has 154 valence electrons. The van der Waals surface area contributed by atoms with Crippen molar-refractivity contribution in [3.05, 3.63) is 65.2 Å². The number of piperidine rings is 1. The van der Waals surface area contributed by atoms with E-state index in [1.54, 1.807) is 0 Å². The van der Waals surface area contributed by atoms with Gasteiger partial charge in [-0.15, -0.1) is 24.8 Å². The number of pyridine rings is 1. The molecule has 1 aromatic heterocycles. The Bertz CT molecular complexity index is 1000. The number of benzene rings is 2. The molecule has 0 spiro atoms. The molecule has 0 aliphatic carbocycles. The molecule has 3 aromatic rings. The molecule has 0 bridgehead atoms. The van der Waals surface area contributed by atoms with E-state index in [0.29, 0.717) is 0 Å². The van der Waals surface area contributed by atoms with Crippen molar-refractivity contribution in [2.75, 3.05) is 13.1 Å². The minimum absolute atomic E-state index is 0. The number of amides is 1. The third-order valence-corrected chi connectivity index (χ3v) is 5.55. The van der Waals surface area contributed by atoms with Gasteiger partial charge < -0.3 is 10.6 Å². The SMILES string of the molecule is Cc1cc2nc(-c3ccccc3)cc(C(=O)N3CCC(N)CC3)c2cc1C.Cl.Cl. The van der Waals surface area contributed by atoms with Crippen LogP contribution in [0.3, 0.4) is 0 Å². The Labute approximate surface area is 184 Å². The first-order valence-corrected chi connectivity index (χ1v) is 9.55. The molecular weight excluding hydrogens is 405 g/mol. The number of nitrogens with zero attached hydrogens (tertiary/aromatic N) is 2. The molecule has 1 saturated heterocycles. The van der Waals surface area contributed by atoms with Crippen molar-refractivity contribution in [2.24, 2.45) is 5.73 Å². The fourth-order valence-electron chi connectivity index (χ4n) is 3.69. The third-order valence-electron chi connectivity index (χ3n) is 5.55. The maximum Gasteiger partial charge on any atom is 0.254 e. The van der Waals surface area contributed by atoms with Crippen LogP contribution in [0.2, 0.25) is 0 Å². The Morgan fingerprint density at radius 2 is 1.62 bits per heavy atom. The first-order chi connectivity index (χ1) is 13.0. The highest BCUT2D eigenvalue weighted by atomic mass is 35.5. The summed E-state index contributed by atoms with van der Waals surface area (Å²) in [7, 11) is 0. The predicted octanol–water partition coefficient (Wildman–Crippen LogP) is 4.93.